The molecule has 5 heteroatoms. The van der Waals surface area contributed by atoms with Crippen molar-refractivity contribution in [2.75, 3.05) is 0 Å². The molecule has 0 fully saturated rings. The van der Waals surface area contributed by atoms with Crippen LogP contribution in [0.25, 0.3) is 11.3 Å². The van der Waals surface area contributed by atoms with Crippen LogP contribution in [0, 0.1) is 12.7 Å². The SMILES string of the molecule is Cc1ccc(OCc2ccccc2)c(-c2ccc(C(=O)O)c(Cc3cccc(F)c3)n2)c1. The third-order valence-corrected chi connectivity index (χ3v) is 5.11. The highest BCUT2D eigenvalue weighted by Gasteiger charge is 2.16. The largest absolute Gasteiger partial charge is 0.488 e. The molecule has 0 saturated heterocycles. The average Bonchev–Trinajstić information content (AvgIpc) is 2.79. The Kier molecular flexibility index (Phi) is 6.26. The van der Waals surface area contributed by atoms with Crippen LogP contribution >= 0.6 is 0 Å². The molecule has 4 aromatic rings. The van der Waals surface area contributed by atoms with E-state index >= 15 is 0 Å². The zero-order valence-electron chi connectivity index (χ0n) is 17.6. The fraction of sp³-hybridized carbons (Fsp3) is 0.111. The number of aryl methyl sites for hydroxylation is 1. The Morgan fingerprint density at radius 3 is 2.47 bits per heavy atom. The maximum absolute atomic E-state index is 13.6. The van der Waals surface area contributed by atoms with E-state index in [1.807, 2.05) is 55.5 Å². The van der Waals surface area contributed by atoms with E-state index in [2.05, 4.69) is 4.98 Å². The van der Waals surface area contributed by atoms with Crippen molar-refractivity contribution < 1.29 is 19.0 Å². The molecule has 0 unspecified atom stereocenters. The lowest BCUT2D eigenvalue weighted by Crippen LogP contribution is -2.07. The van der Waals surface area contributed by atoms with Crippen molar-refractivity contribution in [3.63, 3.8) is 0 Å². The summed E-state index contributed by atoms with van der Waals surface area (Å²) in [6.45, 7) is 2.38. The number of carboxylic acids is 1. The number of nitrogens with zero attached hydrogens (tertiary/aromatic N) is 1. The molecule has 0 radical (unpaired) electrons. The topological polar surface area (TPSA) is 59.4 Å². The third-order valence-electron chi connectivity index (χ3n) is 5.11. The average molecular weight is 427 g/mol. The maximum atomic E-state index is 13.6. The monoisotopic (exact) mass is 427 g/mol. The van der Waals surface area contributed by atoms with Gasteiger partial charge in [0.15, 0.2) is 0 Å². The number of pyridine rings is 1. The standard InChI is InChI=1S/C27H22FNO3/c1-18-10-13-26(32-17-19-6-3-2-4-7-19)23(14-18)24-12-11-22(27(30)31)25(29-24)16-20-8-5-9-21(28)15-20/h2-15H,16-17H2,1H3,(H,30,31). The van der Waals surface area contributed by atoms with E-state index in [9.17, 15) is 14.3 Å². The highest BCUT2D eigenvalue weighted by molar-refractivity contribution is 5.89. The molecule has 1 aromatic heterocycles. The zero-order chi connectivity index (χ0) is 22.5. The van der Waals surface area contributed by atoms with Gasteiger partial charge in [-0.15, -0.1) is 0 Å². The Morgan fingerprint density at radius 1 is 0.938 bits per heavy atom. The van der Waals surface area contributed by atoms with Crippen molar-refractivity contribution in [1.29, 1.82) is 0 Å². The van der Waals surface area contributed by atoms with Gasteiger partial charge in [0.2, 0.25) is 0 Å². The lowest BCUT2D eigenvalue weighted by molar-refractivity contribution is 0.0695. The minimum absolute atomic E-state index is 0.0948. The van der Waals surface area contributed by atoms with Crippen LogP contribution in [0.3, 0.4) is 0 Å². The van der Waals surface area contributed by atoms with Crippen LogP contribution in [-0.2, 0) is 13.0 Å². The first-order valence-electron chi connectivity index (χ1n) is 10.2. The third kappa shape index (κ3) is 5.01. The van der Waals surface area contributed by atoms with E-state index in [0.717, 1.165) is 16.7 Å². The normalized spacial score (nSPS) is 10.7. The summed E-state index contributed by atoms with van der Waals surface area (Å²) in [5.41, 5.74) is 4.57. The Bertz CT molecular complexity index is 1250. The lowest BCUT2D eigenvalue weighted by Gasteiger charge is -2.14. The van der Waals surface area contributed by atoms with E-state index in [1.54, 1.807) is 24.3 Å². The van der Waals surface area contributed by atoms with Crippen molar-refractivity contribution in [2.24, 2.45) is 0 Å². The highest BCUT2D eigenvalue weighted by atomic mass is 19.1. The predicted molar refractivity (Wildman–Crippen MR) is 121 cm³/mol. The molecular formula is C27H22FNO3. The van der Waals surface area contributed by atoms with E-state index in [4.69, 9.17) is 4.74 Å². The first kappa shape index (κ1) is 21.2. The van der Waals surface area contributed by atoms with Gasteiger partial charge in [-0.3, -0.25) is 4.98 Å². The van der Waals surface area contributed by atoms with Gasteiger partial charge in [0, 0.05) is 12.0 Å². The fourth-order valence-corrected chi connectivity index (χ4v) is 3.53. The molecule has 4 nitrogen and oxygen atoms in total. The number of aromatic nitrogens is 1. The number of hydrogen-bond donors (Lipinski definition) is 1. The molecule has 0 aliphatic carbocycles. The van der Waals surface area contributed by atoms with Gasteiger partial charge in [-0.05, 0) is 54.4 Å². The number of ether oxygens (including phenoxy) is 1. The van der Waals surface area contributed by atoms with Crippen LogP contribution in [0.4, 0.5) is 4.39 Å². The zero-order valence-corrected chi connectivity index (χ0v) is 17.6. The summed E-state index contributed by atoms with van der Waals surface area (Å²) in [5.74, 6) is -0.780. The van der Waals surface area contributed by atoms with E-state index in [1.165, 1.54) is 12.1 Å². The second-order valence-corrected chi connectivity index (χ2v) is 7.58. The quantitative estimate of drug-likeness (QED) is 0.389. The molecule has 0 atom stereocenters. The molecule has 0 aliphatic heterocycles. The molecule has 0 amide bonds. The van der Waals surface area contributed by atoms with Crippen molar-refractivity contribution >= 4 is 5.97 Å². The Morgan fingerprint density at radius 2 is 1.72 bits per heavy atom. The summed E-state index contributed by atoms with van der Waals surface area (Å²) in [6, 6.07) is 25.0. The van der Waals surface area contributed by atoms with Gasteiger partial charge in [0.05, 0.1) is 17.0 Å². The number of carboxylic acid groups (broad SMARTS) is 1. The molecule has 32 heavy (non-hydrogen) atoms. The second-order valence-electron chi connectivity index (χ2n) is 7.58. The van der Waals surface area contributed by atoms with Gasteiger partial charge in [-0.1, -0.05) is 54.1 Å². The van der Waals surface area contributed by atoms with Crippen LogP contribution in [0.1, 0.15) is 32.7 Å². The molecule has 0 aliphatic rings. The van der Waals surface area contributed by atoms with E-state index in [-0.39, 0.29) is 17.8 Å². The van der Waals surface area contributed by atoms with Crippen molar-refractivity contribution in [3.8, 4) is 17.0 Å². The van der Waals surface area contributed by atoms with E-state index in [0.29, 0.717) is 29.3 Å². The molecule has 0 saturated carbocycles. The predicted octanol–water partition coefficient (Wildman–Crippen LogP) is 6.06. The summed E-state index contributed by atoms with van der Waals surface area (Å²) in [6.07, 6.45) is 0.208. The number of rotatable bonds is 7. The molecule has 3 aromatic carbocycles. The van der Waals surface area contributed by atoms with Gasteiger partial charge < -0.3 is 9.84 Å². The number of aromatic carboxylic acids is 1. The minimum Gasteiger partial charge on any atom is -0.488 e. The Labute approximate surface area is 186 Å². The molecule has 1 N–H and O–H groups in total. The van der Waals surface area contributed by atoms with Gasteiger partial charge in [-0.2, -0.15) is 0 Å². The van der Waals surface area contributed by atoms with Gasteiger partial charge >= 0.3 is 5.97 Å². The fourth-order valence-electron chi connectivity index (χ4n) is 3.53. The number of benzene rings is 3. The van der Waals surface area contributed by atoms with Crippen LogP contribution in [-0.4, -0.2) is 16.1 Å². The van der Waals surface area contributed by atoms with E-state index < -0.39 is 5.97 Å². The van der Waals surface area contributed by atoms with Crippen LogP contribution in [0.5, 0.6) is 5.75 Å². The smallest absolute Gasteiger partial charge is 0.337 e. The number of hydrogen-bond acceptors (Lipinski definition) is 3. The van der Waals surface area contributed by atoms with Crippen molar-refractivity contribution in [1.82, 2.24) is 4.98 Å². The summed E-state index contributed by atoms with van der Waals surface area (Å²) >= 11 is 0. The van der Waals surface area contributed by atoms with Gasteiger partial charge in [0.1, 0.15) is 18.2 Å². The van der Waals surface area contributed by atoms with Gasteiger partial charge in [-0.25, -0.2) is 9.18 Å². The first-order valence-corrected chi connectivity index (χ1v) is 10.2. The Hall–Kier alpha value is -3.99. The number of carbonyl (C=O) groups is 1. The Balaban J connectivity index is 1.71. The van der Waals surface area contributed by atoms with Crippen molar-refractivity contribution in [2.45, 2.75) is 20.0 Å². The molecule has 160 valence electrons. The van der Waals surface area contributed by atoms with Gasteiger partial charge in [0.25, 0.3) is 0 Å². The van der Waals surface area contributed by atoms with Crippen LogP contribution in [0.15, 0.2) is 84.9 Å². The summed E-state index contributed by atoms with van der Waals surface area (Å²) < 4.78 is 19.7. The van der Waals surface area contributed by atoms with Crippen LogP contribution in [0.2, 0.25) is 0 Å². The molecule has 4 rings (SSSR count). The summed E-state index contributed by atoms with van der Waals surface area (Å²) in [5, 5.41) is 9.63. The highest BCUT2D eigenvalue weighted by Crippen LogP contribution is 2.31. The second kappa shape index (κ2) is 9.43. The molecule has 0 spiro atoms. The first-order chi connectivity index (χ1) is 15.5. The minimum atomic E-state index is -1.07. The maximum Gasteiger partial charge on any atom is 0.337 e. The number of halogens is 1. The summed E-state index contributed by atoms with van der Waals surface area (Å²) in [7, 11) is 0. The lowest BCUT2D eigenvalue weighted by atomic mass is 10.0. The van der Waals surface area contributed by atoms with Crippen molar-refractivity contribution in [3.05, 3.63) is 119 Å². The molecule has 0 bridgehead atoms. The summed E-state index contributed by atoms with van der Waals surface area (Å²) in [4.78, 5) is 16.4. The molecule has 1 heterocycles. The van der Waals surface area contributed by atoms with Crippen LogP contribution < -0.4 is 4.74 Å². The molecular weight excluding hydrogens is 405 g/mol.